The number of amides is 2. The summed E-state index contributed by atoms with van der Waals surface area (Å²) >= 11 is 0. The van der Waals surface area contributed by atoms with Crippen molar-refractivity contribution in [2.45, 2.75) is 6.92 Å². The number of aromatic nitrogens is 4. The maximum absolute atomic E-state index is 12.1. The van der Waals surface area contributed by atoms with Crippen molar-refractivity contribution < 1.29 is 9.53 Å². The minimum atomic E-state index is -0.316. The SMILES string of the molecule is Cc1ccc(NC(=O)Nc2ccc(Oc3cc(-n4ccnc4)ncn3)cc2)cc1. The van der Waals surface area contributed by atoms with Gasteiger partial charge in [-0.3, -0.25) is 4.57 Å². The first-order chi connectivity index (χ1) is 14.2. The maximum atomic E-state index is 12.1. The van der Waals surface area contributed by atoms with Gasteiger partial charge < -0.3 is 15.4 Å². The van der Waals surface area contributed by atoms with Gasteiger partial charge >= 0.3 is 6.03 Å². The molecule has 0 bridgehead atoms. The van der Waals surface area contributed by atoms with E-state index in [2.05, 4.69) is 25.6 Å². The molecule has 0 aliphatic carbocycles. The number of benzene rings is 2. The van der Waals surface area contributed by atoms with Gasteiger partial charge in [-0.05, 0) is 43.3 Å². The standard InChI is InChI=1S/C21H18N6O2/c1-15-2-4-16(5-3-15)25-21(28)26-17-6-8-18(9-7-17)29-20-12-19(23-13-24-20)27-11-10-22-14-27/h2-14H,1H3,(H2,25,26,28). The highest BCUT2D eigenvalue weighted by molar-refractivity contribution is 5.99. The third kappa shape index (κ3) is 4.75. The lowest BCUT2D eigenvalue weighted by Gasteiger charge is -2.09. The maximum Gasteiger partial charge on any atom is 0.323 e. The molecule has 2 amide bonds. The summed E-state index contributed by atoms with van der Waals surface area (Å²) in [7, 11) is 0. The van der Waals surface area contributed by atoms with Crippen LogP contribution in [0.3, 0.4) is 0 Å². The molecule has 0 aliphatic heterocycles. The van der Waals surface area contributed by atoms with E-state index in [1.165, 1.54) is 6.33 Å². The molecule has 0 saturated carbocycles. The molecule has 8 nitrogen and oxygen atoms in total. The Balaban J connectivity index is 1.37. The van der Waals surface area contributed by atoms with Crippen LogP contribution in [0.1, 0.15) is 5.56 Å². The Hall–Kier alpha value is -4.20. The smallest absolute Gasteiger partial charge is 0.323 e. The molecule has 4 aromatic rings. The van der Waals surface area contributed by atoms with Crippen LogP contribution in [0, 0.1) is 6.92 Å². The minimum absolute atomic E-state index is 0.316. The number of rotatable bonds is 5. The van der Waals surface area contributed by atoms with E-state index in [0.717, 1.165) is 11.3 Å². The second-order valence-corrected chi connectivity index (χ2v) is 6.26. The van der Waals surface area contributed by atoms with E-state index in [0.29, 0.717) is 23.1 Å². The van der Waals surface area contributed by atoms with E-state index < -0.39 is 0 Å². The van der Waals surface area contributed by atoms with Gasteiger partial charge in [-0.2, -0.15) is 0 Å². The Morgan fingerprint density at radius 3 is 2.31 bits per heavy atom. The number of ether oxygens (including phenoxy) is 1. The molecule has 0 aliphatic rings. The minimum Gasteiger partial charge on any atom is -0.439 e. The molecule has 2 aromatic carbocycles. The van der Waals surface area contributed by atoms with Gasteiger partial charge in [0.2, 0.25) is 5.88 Å². The zero-order valence-electron chi connectivity index (χ0n) is 15.6. The van der Waals surface area contributed by atoms with E-state index in [1.54, 1.807) is 53.6 Å². The molecule has 4 rings (SSSR count). The van der Waals surface area contributed by atoms with Crippen molar-refractivity contribution in [2.24, 2.45) is 0 Å². The van der Waals surface area contributed by atoms with Crippen molar-refractivity contribution in [3.63, 3.8) is 0 Å². The number of aryl methyl sites for hydroxylation is 1. The molecule has 0 radical (unpaired) electrons. The van der Waals surface area contributed by atoms with Gasteiger partial charge in [-0.25, -0.2) is 19.7 Å². The van der Waals surface area contributed by atoms with Crippen LogP contribution in [0.2, 0.25) is 0 Å². The van der Waals surface area contributed by atoms with E-state index in [1.807, 2.05) is 31.2 Å². The largest absolute Gasteiger partial charge is 0.439 e. The molecule has 0 spiro atoms. The highest BCUT2D eigenvalue weighted by atomic mass is 16.5. The monoisotopic (exact) mass is 386 g/mol. The lowest BCUT2D eigenvalue weighted by Crippen LogP contribution is -2.19. The number of anilines is 2. The average Bonchev–Trinajstić information content (AvgIpc) is 3.26. The lowest BCUT2D eigenvalue weighted by molar-refractivity contribution is 0.262. The van der Waals surface area contributed by atoms with Gasteiger partial charge in [0, 0.05) is 29.8 Å². The van der Waals surface area contributed by atoms with Crippen LogP contribution >= 0.6 is 0 Å². The molecule has 8 heteroatoms. The van der Waals surface area contributed by atoms with Crippen molar-refractivity contribution >= 4 is 17.4 Å². The van der Waals surface area contributed by atoms with Gasteiger partial charge in [0.25, 0.3) is 0 Å². The summed E-state index contributed by atoms with van der Waals surface area (Å²) in [6.07, 6.45) is 6.53. The third-order valence-corrected chi connectivity index (χ3v) is 4.04. The second kappa shape index (κ2) is 8.22. The summed E-state index contributed by atoms with van der Waals surface area (Å²) in [6, 6.07) is 16.0. The molecular formula is C21H18N6O2. The lowest BCUT2D eigenvalue weighted by atomic mass is 10.2. The summed E-state index contributed by atoms with van der Waals surface area (Å²) in [5.41, 5.74) is 2.50. The zero-order chi connectivity index (χ0) is 20.1. The predicted octanol–water partition coefficient (Wildman–Crippen LogP) is 4.41. The Bertz CT molecular complexity index is 1090. The molecule has 2 N–H and O–H groups in total. The first kappa shape index (κ1) is 18.2. The average molecular weight is 386 g/mol. The fourth-order valence-corrected chi connectivity index (χ4v) is 2.58. The zero-order valence-corrected chi connectivity index (χ0v) is 15.6. The first-order valence-corrected chi connectivity index (χ1v) is 8.89. The molecule has 0 fully saturated rings. The van der Waals surface area contributed by atoms with Crippen molar-refractivity contribution in [1.29, 1.82) is 0 Å². The molecule has 2 aromatic heterocycles. The predicted molar refractivity (Wildman–Crippen MR) is 109 cm³/mol. The Kier molecular flexibility index (Phi) is 5.15. The van der Waals surface area contributed by atoms with Crippen LogP contribution in [-0.2, 0) is 0 Å². The molecule has 0 unspecified atom stereocenters. The van der Waals surface area contributed by atoms with Gasteiger partial charge in [-0.15, -0.1) is 0 Å². The number of carbonyl (C=O) groups excluding carboxylic acids is 1. The second-order valence-electron chi connectivity index (χ2n) is 6.26. The number of nitrogens with one attached hydrogen (secondary N) is 2. The number of urea groups is 1. The van der Waals surface area contributed by atoms with Crippen molar-refractivity contribution in [2.75, 3.05) is 10.6 Å². The van der Waals surface area contributed by atoms with Crippen LogP contribution in [-0.4, -0.2) is 25.6 Å². The van der Waals surface area contributed by atoms with Crippen LogP contribution in [0.15, 0.2) is 79.6 Å². The Morgan fingerprint density at radius 1 is 0.966 bits per heavy atom. The summed E-state index contributed by atoms with van der Waals surface area (Å²) in [5.74, 6) is 1.64. The van der Waals surface area contributed by atoms with Crippen LogP contribution < -0.4 is 15.4 Å². The molecule has 2 heterocycles. The highest BCUT2D eigenvalue weighted by Crippen LogP contribution is 2.22. The highest BCUT2D eigenvalue weighted by Gasteiger charge is 2.05. The third-order valence-electron chi connectivity index (χ3n) is 4.04. The van der Waals surface area contributed by atoms with Gasteiger partial charge in [0.05, 0.1) is 0 Å². The van der Waals surface area contributed by atoms with E-state index >= 15 is 0 Å². The van der Waals surface area contributed by atoms with Crippen LogP contribution in [0.25, 0.3) is 5.82 Å². The van der Waals surface area contributed by atoms with Crippen molar-refractivity contribution in [3.05, 3.63) is 85.2 Å². The van der Waals surface area contributed by atoms with Gasteiger partial charge in [0.1, 0.15) is 24.2 Å². The number of carbonyl (C=O) groups is 1. The fourth-order valence-electron chi connectivity index (χ4n) is 2.58. The van der Waals surface area contributed by atoms with E-state index in [9.17, 15) is 4.79 Å². The normalized spacial score (nSPS) is 10.4. The van der Waals surface area contributed by atoms with Crippen LogP contribution in [0.5, 0.6) is 11.6 Å². The van der Waals surface area contributed by atoms with Crippen LogP contribution in [0.4, 0.5) is 16.2 Å². The van der Waals surface area contributed by atoms with E-state index in [4.69, 9.17) is 4.74 Å². The first-order valence-electron chi connectivity index (χ1n) is 8.89. The summed E-state index contributed by atoms with van der Waals surface area (Å²) in [4.78, 5) is 24.4. The fraction of sp³-hybridized carbons (Fsp3) is 0.0476. The molecule has 144 valence electrons. The van der Waals surface area contributed by atoms with Gasteiger partial charge in [-0.1, -0.05) is 17.7 Å². The number of hydrogen-bond donors (Lipinski definition) is 2. The number of nitrogens with zero attached hydrogens (tertiary/aromatic N) is 4. The summed E-state index contributed by atoms with van der Waals surface area (Å²) in [5, 5.41) is 5.57. The Morgan fingerprint density at radius 2 is 1.66 bits per heavy atom. The summed E-state index contributed by atoms with van der Waals surface area (Å²) < 4.78 is 7.53. The quantitative estimate of drug-likeness (QED) is 0.530. The summed E-state index contributed by atoms with van der Waals surface area (Å²) in [6.45, 7) is 1.99. The topological polar surface area (TPSA) is 94.0 Å². The number of hydrogen-bond acceptors (Lipinski definition) is 5. The van der Waals surface area contributed by atoms with Crippen molar-refractivity contribution in [1.82, 2.24) is 19.5 Å². The molecule has 29 heavy (non-hydrogen) atoms. The van der Waals surface area contributed by atoms with Gasteiger partial charge in [0.15, 0.2) is 0 Å². The van der Waals surface area contributed by atoms with Crippen molar-refractivity contribution in [3.8, 4) is 17.4 Å². The number of imidazole rings is 1. The van der Waals surface area contributed by atoms with E-state index in [-0.39, 0.29) is 6.03 Å². The Labute approximate surface area is 167 Å². The molecular weight excluding hydrogens is 368 g/mol. The molecule has 0 atom stereocenters. The molecule has 0 saturated heterocycles.